The fourth-order valence-electron chi connectivity index (χ4n) is 2.59. The molecule has 0 atom stereocenters. The Hall–Kier alpha value is -2.73. The maximum absolute atomic E-state index is 12.9. The third kappa shape index (κ3) is 5.31. The molecule has 3 rings (SSSR count). The molecule has 0 fully saturated rings. The monoisotopic (exact) mass is 482 g/mol. The van der Waals surface area contributed by atoms with E-state index in [2.05, 4.69) is 15.5 Å². The predicted molar refractivity (Wildman–Crippen MR) is 118 cm³/mol. The number of nitrogens with zero attached hydrogens (tertiary/aromatic N) is 3. The molecule has 0 radical (unpaired) electrons. The molecular formula is C19H19ClN4O5S2. The molecule has 0 unspecified atom stereocenters. The minimum Gasteiger partial charge on any atom is -0.493 e. The van der Waals surface area contributed by atoms with Gasteiger partial charge in [-0.1, -0.05) is 29.0 Å². The van der Waals surface area contributed by atoms with Gasteiger partial charge >= 0.3 is 0 Å². The molecule has 164 valence electrons. The quantitative estimate of drug-likeness (QED) is 0.490. The van der Waals surface area contributed by atoms with Crippen molar-refractivity contribution in [3.05, 3.63) is 58.6 Å². The number of ether oxygens (including phenoxy) is 2. The van der Waals surface area contributed by atoms with E-state index >= 15 is 0 Å². The van der Waals surface area contributed by atoms with Gasteiger partial charge < -0.3 is 9.47 Å². The van der Waals surface area contributed by atoms with Crippen LogP contribution in [0.25, 0.3) is 0 Å². The van der Waals surface area contributed by atoms with E-state index in [1.54, 1.807) is 42.5 Å². The molecule has 1 heterocycles. The van der Waals surface area contributed by atoms with Crippen LogP contribution < -0.4 is 14.8 Å². The summed E-state index contributed by atoms with van der Waals surface area (Å²) in [6.45, 7) is 0.0781. The van der Waals surface area contributed by atoms with Crippen molar-refractivity contribution in [2.24, 2.45) is 0 Å². The lowest BCUT2D eigenvalue weighted by Gasteiger charge is -2.16. The first kappa shape index (κ1) is 22.9. The number of hydrogen-bond acceptors (Lipinski definition) is 8. The molecule has 1 amide bonds. The molecule has 0 aliphatic rings. The van der Waals surface area contributed by atoms with Crippen LogP contribution in [0.15, 0.2) is 46.8 Å². The molecule has 2 aromatic carbocycles. The van der Waals surface area contributed by atoms with E-state index in [9.17, 15) is 13.2 Å². The molecule has 0 bridgehead atoms. The zero-order chi connectivity index (χ0) is 22.6. The zero-order valence-electron chi connectivity index (χ0n) is 16.8. The molecule has 1 N–H and O–H groups in total. The summed E-state index contributed by atoms with van der Waals surface area (Å²) < 4.78 is 37.1. The van der Waals surface area contributed by atoms with Gasteiger partial charge in [0.15, 0.2) is 11.5 Å². The van der Waals surface area contributed by atoms with Crippen LogP contribution in [0.1, 0.15) is 15.9 Å². The first-order valence-electron chi connectivity index (χ1n) is 8.82. The van der Waals surface area contributed by atoms with E-state index in [0.29, 0.717) is 27.6 Å². The van der Waals surface area contributed by atoms with Crippen molar-refractivity contribution in [2.75, 3.05) is 26.6 Å². The highest BCUT2D eigenvalue weighted by Crippen LogP contribution is 2.29. The van der Waals surface area contributed by atoms with E-state index in [1.165, 1.54) is 21.3 Å². The summed E-state index contributed by atoms with van der Waals surface area (Å²) in [5, 5.41) is 10.6. The van der Waals surface area contributed by atoms with Gasteiger partial charge in [0.25, 0.3) is 15.9 Å². The van der Waals surface area contributed by atoms with Gasteiger partial charge in [0.2, 0.25) is 9.47 Å². The fourth-order valence-corrected chi connectivity index (χ4v) is 4.96. The van der Waals surface area contributed by atoms with Gasteiger partial charge in [-0.15, -0.1) is 10.2 Å². The lowest BCUT2D eigenvalue weighted by Crippen LogP contribution is -2.26. The smallest absolute Gasteiger partial charge is 0.272 e. The summed E-state index contributed by atoms with van der Waals surface area (Å²) in [7, 11) is 0.534. The summed E-state index contributed by atoms with van der Waals surface area (Å²) in [4.78, 5) is 12.3. The number of methoxy groups -OCH3 is 2. The van der Waals surface area contributed by atoms with Crippen molar-refractivity contribution >= 4 is 44.0 Å². The number of halogens is 1. The molecule has 9 nitrogen and oxygen atoms in total. The van der Waals surface area contributed by atoms with Crippen molar-refractivity contribution in [3.8, 4) is 11.5 Å². The van der Waals surface area contributed by atoms with Crippen LogP contribution in [-0.2, 0) is 16.6 Å². The molecule has 0 aliphatic heterocycles. The van der Waals surface area contributed by atoms with E-state index < -0.39 is 15.9 Å². The van der Waals surface area contributed by atoms with Gasteiger partial charge in [-0.3, -0.25) is 10.1 Å². The number of anilines is 1. The Morgan fingerprint density at radius 1 is 1.10 bits per heavy atom. The highest BCUT2D eigenvalue weighted by Gasteiger charge is 2.26. The molecule has 12 heteroatoms. The Kier molecular flexibility index (Phi) is 7.11. The normalized spacial score (nSPS) is 11.4. The van der Waals surface area contributed by atoms with Gasteiger partial charge in [0.05, 0.1) is 14.2 Å². The highest BCUT2D eigenvalue weighted by atomic mass is 35.5. The third-order valence-electron chi connectivity index (χ3n) is 4.22. The SMILES string of the molecule is COc1ccc(CN(C)S(=O)(=O)c2nnc(NC(=O)c3ccc(Cl)cc3)s2)cc1OC. The number of sulfonamides is 1. The van der Waals surface area contributed by atoms with Crippen molar-refractivity contribution < 1.29 is 22.7 Å². The van der Waals surface area contributed by atoms with Gasteiger partial charge in [-0.2, -0.15) is 4.31 Å². The van der Waals surface area contributed by atoms with Crippen LogP contribution in [0.3, 0.4) is 0 Å². The maximum Gasteiger partial charge on any atom is 0.272 e. The van der Waals surface area contributed by atoms with Gasteiger partial charge in [0, 0.05) is 24.2 Å². The molecule has 31 heavy (non-hydrogen) atoms. The molecule has 0 saturated heterocycles. The largest absolute Gasteiger partial charge is 0.493 e. The molecule has 3 aromatic rings. The molecule has 0 spiro atoms. The van der Waals surface area contributed by atoms with Crippen molar-refractivity contribution in [2.45, 2.75) is 10.9 Å². The van der Waals surface area contributed by atoms with Crippen LogP contribution >= 0.6 is 22.9 Å². The average molecular weight is 483 g/mol. The van der Waals surface area contributed by atoms with Crippen molar-refractivity contribution in [1.82, 2.24) is 14.5 Å². The molecule has 1 aromatic heterocycles. The van der Waals surface area contributed by atoms with Gasteiger partial charge in [-0.05, 0) is 42.0 Å². The standard InChI is InChI=1S/C19H19ClN4O5S2/c1-24(11-12-4-9-15(28-2)16(10-12)29-3)31(26,27)19-23-22-18(30-19)21-17(25)13-5-7-14(20)8-6-13/h4-10H,11H2,1-3H3,(H,21,22,25). The van der Waals surface area contributed by atoms with E-state index in [4.69, 9.17) is 21.1 Å². The minimum absolute atomic E-state index is 0.0676. The Morgan fingerprint density at radius 3 is 2.42 bits per heavy atom. The second-order valence-electron chi connectivity index (χ2n) is 6.28. The summed E-state index contributed by atoms with van der Waals surface area (Å²) in [5.41, 5.74) is 1.05. The summed E-state index contributed by atoms with van der Waals surface area (Å²) >= 11 is 6.58. The molecule has 0 aliphatic carbocycles. The topological polar surface area (TPSA) is 111 Å². The Balaban J connectivity index is 1.72. The van der Waals surface area contributed by atoms with Crippen LogP contribution in [0, 0.1) is 0 Å². The highest BCUT2D eigenvalue weighted by molar-refractivity contribution is 7.91. The third-order valence-corrected chi connectivity index (χ3v) is 7.46. The Morgan fingerprint density at radius 2 is 1.77 bits per heavy atom. The van der Waals surface area contributed by atoms with E-state index in [1.807, 2.05) is 0 Å². The lowest BCUT2D eigenvalue weighted by molar-refractivity contribution is 0.102. The van der Waals surface area contributed by atoms with Crippen LogP contribution in [0.2, 0.25) is 5.02 Å². The number of hydrogen-bond donors (Lipinski definition) is 1. The summed E-state index contributed by atoms with van der Waals surface area (Å²) in [6, 6.07) is 11.4. The molecular weight excluding hydrogens is 464 g/mol. The first-order valence-corrected chi connectivity index (χ1v) is 11.5. The van der Waals surface area contributed by atoms with E-state index in [0.717, 1.165) is 15.6 Å². The lowest BCUT2D eigenvalue weighted by atomic mass is 10.2. The molecule has 0 saturated carbocycles. The number of amides is 1. The fraction of sp³-hybridized carbons (Fsp3) is 0.211. The van der Waals surface area contributed by atoms with Crippen molar-refractivity contribution in [1.29, 1.82) is 0 Å². The van der Waals surface area contributed by atoms with Gasteiger partial charge in [0.1, 0.15) is 0 Å². The predicted octanol–water partition coefficient (Wildman–Crippen LogP) is 3.28. The average Bonchev–Trinajstić information content (AvgIpc) is 3.23. The second kappa shape index (κ2) is 9.60. The zero-order valence-corrected chi connectivity index (χ0v) is 19.2. The Labute approximate surface area is 188 Å². The van der Waals surface area contributed by atoms with Crippen molar-refractivity contribution in [3.63, 3.8) is 0 Å². The van der Waals surface area contributed by atoms with Crippen LogP contribution in [0.4, 0.5) is 5.13 Å². The Bertz CT molecular complexity index is 1180. The van der Waals surface area contributed by atoms with Crippen LogP contribution in [0.5, 0.6) is 11.5 Å². The number of carbonyl (C=O) groups excluding carboxylic acids is 1. The number of aromatic nitrogens is 2. The number of carbonyl (C=O) groups is 1. The maximum atomic E-state index is 12.9. The van der Waals surface area contributed by atoms with Crippen LogP contribution in [-0.4, -0.2) is 50.1 Å². The number of benzene rings is 2. The second-order valence-corrected chi connectivity index (χ2v) is 9.92. The minimum atomic E-state index is -3.92. The summed E-state index contributed by atoms with van der Waals surface area (Å²) in [6.07, 6.45) is 0. The summed E-state index contributed by atoms with van der Waals surface area (Å²) in [5.74, 6) is 0.589. The van der Waals surface area contributed by atoms with Gasteiger partial charge in [-0.25, -0.2) is 8.42 Å². The number of rotatable bonds is 8. The first-order chi connectivity index (χ1) is 14.7. The number of nitrogens with one attached hydrogen (secondary N) is 1. The van der Waals surface area contributed by atoms with E-state index in [-0.39, 0.29) is 16.0 Å².